The van der Waals surface area contributed by atoms with Crippen LogP contribution >= 0.6 is 0 Å². The second-order valence-corrected chi connectivity index (χ2v) is 4.73. The molecule has 0 N–H and O–H groups in total. The minimum absolute atomic E-state index is 0.400. The molecule has 0 aliphatic heterocycles. The lowest BCUT2D eigenvalue weighted by Gasteiger charge is -2.01. The molecule has 1 heterocycles. The van der Waals surface area contributed by atoms with Crippen LogP contribution in [0.3, 0.4) is 0 Å². The van der Waals surface area contributed by atoms with Crippen molar-refractivity contribution in [2.45, 2.75) is 13.8 Å². The number of hydrogen-bond donors (Lipinski definition) is 0. The first kappa shape index (κ1) is 19.1. The zero-order valence-corrected chi connectivity index (χ0v) is 14.7. The predicted octanol–water partition coefficient (Wildman–Crippen LogP) is 3.34. The molecule has 24 heavy (non-hydrogen) atoms. The lowest BCUT2D eigenvalue weighted by molar-refractivity contribution is 0.306. The molecular weight excluding hydrogens is 306 g/mol. The van der Waals surface area contributed by atoms with Crippen molar-refractivity contribution >= 4 is 5.84 Å². The highest BCUT2D eigenvalue weighted by atomic mass is 16.5. The smallest absolute Gasteiger partial charge is 0.170 e. The van der Waals surface area contributed by atoms with Crippen molar-refractivity contribution in [1.29, 1.82) is 0 Å². The highest BCUT2D eigenvalue weighted by Gasteiger charge is 1.94. The van der Waals surface area contributed by atoms with Crippen molar-refractivity contribution in [1.82, 2.24) is 4.57 Å². The standard InChI is InChI=1S/C17H23N5O2/c1-7-8-15(23-5)11-13(2)18-19-14(3)20-21-17-12-16(24-6)9-10-22(17)4/h7-12H,2H2,1,3-6H3/b8-7-,15-11+,19-18+,20-14+,21-17+. The van der Waals surface area contributed by atoms with E-state index in [1.807, 2.05) is 36.9 Å². The van der Waals surface area contributed by atoms with Gasteiger partial charge in [0.05, 0.1) is 19.9 Å². The molecule has 0 atom stereocenters. The van der Waals surface area contributed by atoms with Crippen LogP contribution in [0.1, 0.15) is 13.8 Å². The molecule has 0 aliphatic rings. The average molecular weight is 329 g/mol. The van der Waals surface area contributed by atoms with Gasteiger partial charge in [-0.3, -0.25) is 0 Å². The van der Waals surface area contributed by atoms with E-state index in [2.05, 4.69) is 27.0 Å². The molecule has 0 fully saturated rings. The highest BCUT2D eigenvalue weighted by Crippen LogP contribution is 2.06. The van der Waals surface area contributed by atoms with Gasteiger partial charge in [0.1, 0.15) is 11.5 Å². The monoisotopic (exact) mass is 329 g/mol. The number of aryl methyl sites for hydroxylation is 1. The summed E-state index contributed by atoms with van der Waals surface area (Å²) < 4.78 is 12.1. The van der Waals surface area contributed by atoms with Crippen LogP contribution in [0, 0.1) is 0 Å². The number of rotatable bonds is 6. The summed E-state index contributed by atoms with van der Waals surface area (Å²) in [5.41, 5.74) is 1.09. The molecule has 7 heteroatoms. The Balaban J connectivity index is 2.91. The van der Waals surface area contributed by atoms with E-state index < -0.39 is 0 Å². The van der Waals surface area contributed by atoms with Crippen LogP contribution in [-0.2, 0) is 11.8 Å². The fourth-order valence-corrected chi connectivity index (χ4v) is 1.58. The fourth-order valence-electron chi connectivity index (χ4n) is 1.58. The van der Waals surface area contributed by atoms with Crippen LogP contribution in [0.2, 0.25) is 0 Å². The third-order valence-electron chi connectivity index (χ3n) is 2.83. The quantitative estimate of drug-likeness (QED) is 0.200. The van der Waals surface area contributed by atoms with Gasteiger partial charge in [0.25, 0.3) is 0 Å². The first-order valence-corrected chi connectivity index (χ1v) is 7.28. The van der Waals surface area contributed by atoms with Gasteiger partial charge in [-0.1, -0.05) is 12.7 Å². The van der Waals surface area contributed by atoms with Crippen molar-refractivity contribution in [3.63, 3.8) is 0 Å². The minimum atomic E-state index is 0.400. The van der Waals surface area contributed by atoms with Gasteiger partial charge in [0.2, 0.25) is 0 Å². The van der Waals surface area contributed by atoms with Crippen LogP contribution in [-0.4, -0.2) is 24.6 Å². The molecular formula is C17H23N5O2. The van der Waals surface area contributed by atoms with Gasteiger partial charge in [-0.25, -0.2) is 0 Å². The van der Waals surface area contributed by atoms with E-state index in [1.54, 1.807) is 39.4 Å². The maximum absolute atomic E-state index is 5.16. The van der Waals surface area contributed by atoms with E-state index in [0.717, 1.165) is 0 Å². The van der Waals surface area contributed by atoms with Gasteiger partial charge < -0.3 is 14.0 Å². The Morgan fingerprint density at radius 3 is 2.67 bits per heavy atom. The van der Waals surface area contributed by atoms with E-state index in [9.17, 15) is 0 Å². The van der Waals surface area contributed by atoms with Crippen LogP contribution < -0.4 is 10.2 Å². The van der Waals surface area contributed by atoms with E-state index in [1.165, 1.54) is 0 Å². The summed E-state index contributed by atoms with van der Waals surface area (Å²) in [6, 6.07) is 3.61. The van der Waals surface area contributed by atoms with Crippen molar-refractivity contribution in [2.75, 3.05) is 14.2 Å². The zero-order chi connectivity index (χ0) is 17.9. The highest BCUT2D eigenvalue weighted by molar-refractivity contribution is 5.79. The molecule has 0 unspecified atom stereocenters. The maximum Gasteiger partial charge on any atom is 0.170 e. The summed E-state index contributed by atoms with van der Waals surface area (Å²) in [4.78, 5) is 0. The number of aromatic nitrogens is 1. The molecule has 0 saturated carbocycles. The van der Waals surface area contributed by atoms with Crippen molar-refractivity contribution < 1.29 is 9.47 Å². The number of allylic oxidation sites excluding steroid dienone is 3. The van der Waals surface area contributed by atoms with E-state index >= 15 is 0 Å². The molecule has 0 spiro atoms. The van der Waals surface area contributed by atoms with Crippen LogP contribution in [0.5, 0.6) is 5.75 Å². The molecule has 0 radical (unpaired) electrons. The van der Waals surface area contributed by atoms with Crippen molar-refractivity contribution in [3.8, 4) is 5.75 Å². The summed E-state index contributed by atoms with van der Waals surface area (Å²) >= 11 is 0. The zero-order valence-electron chi connectivity index (χ0n) is 14.7. The lowest BCUT2D eigenvalue weighted by Crippen LogP contribution is -2.16. The number of azo groups is 1. The number of pyridine rings is 1. The van der Waals surface area contributed by atoms with Crippen molar-refractivity contribution in [2.24, 2.45) is 27.5 Å². The number of ether oxygens (including phenoxy) is 2. The fraction of sp³-hybridized carbons (Fsp3) is 0.294. The Bertz CT molecular complexity index is 754. The number of hydrogen-bond acceptors (Lipinski definition) is 5. The lowest BCUT2D eigenvalue weighted by atomic mass is 10.3. The molecule has 128 valence electrons. The molecule has 0 aliphatic carbocycles. The predicted molar refractivity (Wildman–Crippen MR) is 94.5 cm³/mol. The first-order valence-electron chi connectivity index (χ1n) is 7.28. The molecule has 0 amide bonds. The molecule has 0 aromatic carbocycles. The minimum Gasteiger partial charge on any atom is -0.497 e. The summed E-state index contributed by atoms with van der Waals surface area (Å²) in [5, 5.41) is 16.1. The van der Waals surface area contributed by atoms with Gasteiger partial charge in [0, 0.05) is 25.4 Å². The third-order valence-corrected chi connectivity index (χ3v) is 2.83. The van der Waals surface area contributed by atoms with Gasteiger partial charge >= 0.3 is 0 Å². The number of nitrogens with zero attached hydrogens (tertiary/aromatic N) is 5. The second kappa shape index (κ2) is 9.94. The average Bonchev–Trinajstić information content (AvgIpc) is 2.58. The summed E-state index contributed by atoms with van der Waals surface area (Å²) in [6.45, 7) is 7.39. The summed E-state index contributed by atoms with van der Waals surface area (Å²) in [5.74, 6) is 1.75. The van der Waals surface area contributed by atoms with Crippen LogP contribution in [0.4, 0.5) is 0 Å². The molecule has 1 aromatic heterocycles. The van der Waals surface area contributed by atoms with Crippen molar-refractivity contribution in [3.05, 3.63) is 60.1 Å². The Morgan fingerprint density at radius 1 is 1.29 bits per heavy atom. The maximum atomic E-state index is 5.16. The Hall–Kier alpha value is -2.96. The summed E-state index contributed by atoms with van der Waals surface area (Å²) in [6.07, 6.45) is 7.18. The number of amidine groups is 1. The van der Waals surface area contributed by atoms with Gasteiger partial charge in [-0.2, -0.15) is 0 Å². The van der Waals surface area contributed by atoms with E-state index in [4.69, 9.17) is 9.47 Å². The molecule has 0 bridgehead atoms. The van der Waals surface area contributed by atoms with Crippen LogP contribution in [0.15, 0.2) is 75.0 Å². The van der Waals surface area contributed by atoms with Crippen LogP contribution in [0.25, 0.3) is 0 Å². The SMILES string of the molecule is C=C(/C=C(\C=C/C)OC)/N=N/C(C)=N/N=c1\cc(OC)ccn1C. The normalized spacial score (nSPS) is 13.8. The molecule has 1 aromatic rings. The van der Waals surface area contributed by atoms with Gasteiger partial charge in [-0.05, 0) is 26.0 Å². The molecule has 7 nitrogen and oxygen atoms in total. The Labute approximate surface area is 142 Å². The van der Waals surface area contributed by atoms with Gasteiger partial charge in [-0.15, -0.1) is 20.4 Å². The number of methoxy groups -OCH3 is 2. The largest absolute Gasteiger partial charge is 0.497 e. The Kier molecular flexibility index (Phi) is 7.90. The third kappa shape index (κ3) is 6.43. The summed E-state index contributed by atoms with van der Waals surface area (Å²) in [7, 11) is 5.05. The second-order valence-electron chi connectivity index (χ2n) is 4.73. The topological polar surface area (TPSA) is 72.8 Å². The van der Waals surface area contributed by atoms with Gasteiger partial charge in [0.15, 0.2) is 11.3 Å². The van der Waals surface area contributed by atoms with E-state index in [-0.39, 0.29) is 0 Å². The van der Waals surface area contributed by atoms with E-state index in [0.29, 0.717) is 28.5 Å². The first-order chi connectivity index (χ1) is 11.5. The Morgan fingerprint density at radius 2 is 2.04 bits per heavy atom. The molecule has 1 rings (SSSR count). The molecule has 0 saturated heterocycles.